The van der Waals surface area contributed by atoms with E-state index in [0.29, 0.717) is 0 Å². The second kappa shape index (κ2) is 4.84. The van der Waals surface area contributed by atoms with Crippen molar-refractivity contribution < 1.29 is 41.7 Å². The number of hydrogen-bond acceptors (Lipinski definition) is 2. The summed E-state index contributed by atoms with van der Waals surface area (Å²) in [7, 11) is -3.17. The molecule has 0 aliphatic rings. The number of hydrogen-bond donors (Lipinski definition) is 0. The van der Waals surface area contributed by atoms with Crippen LogP contribution >= 0.6 is 0 Å². The fraction of sp³-hybridized carbons (Fsp3) is 0. The van der Waals surface area contributed by atoms with Crippen LogP contribution in [-0.2, 0) is 27.3 Å². The molecule has 0 aliphatic carbocycles. The van der Waals surface area contributed by atoms with Crippen LogP contribution < -0.4 is 10.0 Å². The molecule has 0 rings (SSSR count). The zero-order valence-electron chi connectivity index (χ0n) is 2.48. The van der Waals surface area contributed by atoms with E-state index in [9.17, 15) is 4.32 Å². The second-order valence-corrected chi connectivity index (χ2v) is 0.274. The summed E-state index contributed by atoms with van der Waals surface area (Å²) >= 11 is 0. The van der Waals surface area contributed by atoms with E-state index >= 15 is 0 Å². The fourth-order valence-electron chi connectivity index (χ4n) is 0. The molecule has 5 heteroatoms. The first-order valence-corrected chi connectivity index (χ1v) is 0.690. The quantitative estimate of drug-likeness (QED) is 0.386. The van der Waals surface area contributed by atoms with Crippen molar-refractivity contribution in [3.05, 3.63) is 0 Å². The predicted molar refractivity (Wildman–Crippen MR) is 6.86 cm³/mol. The predicted octanol–water partition coefficient (Wildman–Crippen LogP) is -2.34. The second-order valence-electron chi connectivity index (χ2n) is 0.274. The number of rotatable bonds is 0. The molecule has 0 saturated carbocycles. The Morgan fingerprint density at radius 1 is 1.40 bits per heavy atom. The van der Waals surface area contributed by atoms with Crippen molar-refractivity contribution in [2.24, 2.45) is 0 Å². The summed E-state index contributed by atoms with van der Waals surface area (Å²) in [5.74, 6) is 0. The third-order valence-electron chi connectivity index (χ3n) is 0. The van der Waals surface area contributed by atoms with Crippen LogP contribution in [0.15, 0.2) is 0 Å². The van der Waals surface area contributed by atoms with Gasteiger partial charge in [0.05, 0.1) is 0 Å². The van der Waals surface area contributed by atoms with Gasteiger partial charge in [-0.15, -0.1) is 0 Å². The molecule has 0 radical (unpaired) electrons. The van der Waals surface area contributed by atoms with E-state index in [2.05, 4.69) is 0 Å². The van der Waals surface area contributed by atoms with Crippen LogP contribution in [0.1, 0.15) is 0 Å². The van der Waals surface area contributed by atoms with Gasteiger partial charge in [-0.3, -0.25) is 0 Å². The first kappa shape index (κ1) is 9.28. The average Bonchev–Trinajstić information content (AvgIpc) is 0.811. The van der Waals surface area contributed by atoms with Crippen LogP contribution in [0.3, 0.4) is 0 Å². The first-order valence-electron chi connectivity index (χ1n) is 0.690. The summed E-state index contributed by atoms with van der Waals surface area (Å²) < 4.78 is 9.89. The topological polar surface area (TPSA) is 46.1 Å². The van der Waals surface area contributed by atoms with Crippen molar-refractivity contribution in [1.29, 1.82) is 0 Å². The maximum Gasteiger partial charge on any atom is 2.00 e. The molecule has 0 spiro atoms. The smallest absolute Gasteiger partial charge is 0.867 e. The molecule has 0 saturated heterocycles. The van der Waals surface area contributed by atoms with E-state index in [1.165, 1.54) is 0 Å². The molecule has 0 amide bonds. The minimum Gasteiger partial charge on any atom is -0.867 e. The summed E-state index contributed by atoms with van der Waals surface area (Å²) in [6, 6.07) is 0. The molecule has 24 valence electrons. The molecule has 0 fully saturated rings. The molecule has 0 aromatic rings. The van der Waals surface area contributed by atoms with Crippen LogP contribution in [0.5, 0.6) is 0 Å². The summed E-state index contributed by atoms with van der Waals surface area (Å²) in [4.78, 5) is 0. The first-order chi connectivity index (χ1) is 1.73. The molecule has 0 heterocycles. The fourth-order valence-corrected chi connectivity index (χ4v) is 0. The van der Waals surface area contributed by atoms with Crippen molar-refractivity contribution in [3.8, 4) is 0 Å². The van der Waals surface area contributed by atoms with Crippen LogP contribution in [0, 0.1) is 0 Å². The Morgan fingerprint density at radius 2 is 1.40 bits per heavy atom. The van der Waals surface area contributed by atoms with Crippen LogP contribution in [-0.4, -0.2) is 7.40 Å². The van der Waals surface area contributed by atoms with E-state index in [1.807, 2.05) is 0 Å². The third-order valence-corrected chi connectivity index (χ3v) is 0. The molecular formula is BCdFO2. The number of halogens is 1. The van der Waals surface area contributed by atoms with Gasteiger partial charge in [-0.1, -0.05) is 0 Å². The Balaban J connectivity index is 0. The molecule has 0 aromatic carbocycles. The standard InChI is InChI=1S/BFO2.Cd/c2-1(3)4;/q-2;+2. The van der Waals surface area contributed by atoms with Gasteiger partial charge in [0.2, 0.25) is 0 Å². The normalized spacial score (nSPS) is 5.40. The summed E-state index contributed by atoms with van der Waals surface area (Å²) in [5.41, 5.74) is 0. The molecule has 0 bridgehead atoms. The SMILES string of the molecule is [Cd+2].[O-]B([O-])F. The molecule has 2 nitrogen and oxygen atoms in total. The van der Waals surface area contributed by atoms with Gasteiger partial charge in [0.1, 0.15) is 7.40 Å². The molecule has 0 unspecified atom stereocenters. The Labute approximate surface area is 49.4 Å². The van der Waals surface area contributed by atoms with Gasteiger partial charge in [-0.05, 0) is 0 Å². The summed E-state index contributed by atoms with van der Waals surface area (Å²) in [5, 5.41) is 16.6. The third kappa shape index (κ3) is 55.6. The zero-order chi connectivity index (χ0) is 3.58. The summed E-state index contributed by atoms with van der Waals surface area (Å²) in [6.07, 6.45) is 0. The Bertz CT molecular complexity index is 14.4. The molecular weight excluding hydrogens is 174 g/mol. The Kier molecular flexibility index (Phi) is 8.97. The van der Waals surface area contributed by atoms with Crippen LogP contribution in [0.4, 0.5) is 4.32 Å². The van der Waals surface area contributed by atoms with Gasteiger partial charge < -0.3 is 14.4 Å². The van der Waals surface area contributed by atoms with E-state index in [0.717, 1.165) is 0 Å². The van der Waals surface area contributed by atoms with E-state index < -0.39 is 7.40 Å². The van der Waals surface area contributed by atoms with Crippen molar-refractivity contribution in [2.45, 2.75) is 0 Å². The molecule has 0 aromatic heterocycles. The molecule has 0 atom stereocenters. The molecule has 0 aliphatic heterocycles. The van der Waals surface area contributed by atoms with Gasteiger partial charge in [0.25, 0.3) is 0 Å². The van der Waals surface area contributed by atoms with Gasteiger partial charge in [-0.25, -0.2) is 0 Å². The van der Waals surface area contributed by atoms with E-state index in [4.69, 9.17) is 10.0 Å². The minimum absolute atomic E-state index is 0. The Morgan fingerprint density at radius 3 is 1.40 bits per heavy atom. The van der Waals surface area contributed by atoms with Crippen LogP contribution in [0.25, 0.3) is 0 Å². The molecule has 0 N–H and O–H groups in total. The van der Waals surface area contributed by atoms with Crippen molar-refractivity contribution in [3.63, 3.8) is 0 Å². The monoisotopic (exact) mass is 176 g/mol. The maximum absolute atomic E-state index is 9.89. The maximum atomic E-state index is 9.89. The van der Waals surface area contributed by atoms with E-state index in [-0.39, 0.29) is 27.3 Å². The minimum atomic E-state index is -3.17. The van der Waals surface area contributed by atoms with E-state index in [1.54, 1.807) is 0 Å². The van der Waals surface area contributed by atoms with Crippen molar-refractivity contribution in [2.75, 3.05) is 0 Å². The van der Waals surface area contributed by atoms with Gasteiger partial charge >= 0.3 is 27.3 Å². The average molecular weight is 174 g/mol. The largest absolute Gasteiger partial charge is 2.00 e. The summed E-state index contributed by atoms with van der Waals surface area (Å²) in [6.45, 7) is 0. The zero-order valence-corrected chi connectivity index (χ0v) is 6.52. The van der Waals surface area contributed by atoms with Crippen molar-refractivity contribution >= 4 is 7.40 Å². The van der Waals surface area contributed by atoms with Gasteiger partial charge in [-0.2, -0.15) is 0 Å². The van der Waals surface area contributed by atoms with Crippen LogP contribution in [0.2, 0.25) is 0 Å². The molecule has 5 heavy (non-hydrogen) atoms. The van der Waals surface area contributed by atoms with Gasteiger partial charge in [0.15, 0.2) is 0 Å². The Hall–Kier alpha value is 0.837. The van der Waals surface area contributed by atoms with Gasteiger partial charge in [0, 0.05) is 0 Å². The van der Waals surface area contributed by atoms with Crippen molar-refractivity contribution in [1.82, 2.24) is 0 Å².